The van der Waals surface area contributed by atoms with Crippen molar-refractivity contribution in [1.82, 2.24) is 5.32 Å². The van der Waals surface area contributed by atoms with Crippen molar-refractivity contribution in [2.45, 2.75) is 24.5 Å². The van der Waals surface area contributed by atoms with Crippen LogP contribution in [0.1, 0.15) is 24.4 Å². The number of hydrogen-bond acceptors (Lipinski definition) is 4. The number of ether oxygens (including phenoxy) is 1. The summed E-state index contributed by atoms with van der Waals surface area (Å²) < 4.78 is 5.12. The molecule has 2 rings (SSSR count). The van der Waals surface area contributed by atoms with E-state index in [2.05, 4.69) is 5.32 Å². The van der Waals surface area contributed by atoms with Crippen molar-refractivity contribution in [2.24, 2.45) is 5.73 Å². The third-order valence-corrected chi connectivity index (χ3v) is 3.33. The molecule has 1 fully saturated rings. The van der Waals surface area contributed by atoms with E-state index in [1.54, 1.807) is 0 Å². The van der Waals surface area contributed by atoms with E-state index in [0.29, 0.717) is 13.0 Å². The Kier molecular flexibility index (Phi) is 4.52. The number of nitrogens with one attached hydrogen (secondary N) is 1. The van der Waals surface area contributed by atoms with Gasteiger partial charge in [0.25, 0.3) is 0 Å². The molecule has 104 valence electrons. The van der Waals surface area contributed by atoms with Crippen LogP contribution in [0.2, 0.25) is 0 Å². The predicted octanol–water partition coefficient (Wildman–Crippen LogP) is 0.344. The summed E-state index contributed by atoms with van der Waals surface area (Å²) in [4.78, 5) is 11.8. The summed E-state index contributed by atoms with van der Waals surface area (Å²) in [5.74, 6) is -0.156. The fraction of sp³-hybridized carbons (Fsp3) is 0.500. The Labute approximate surface area is 112 Å². The molecule has 0 bridgehead atoms. The lowest BCUT2D eigenvalue weighted by atomic mass is 10.0. The van der Waals surface area contributed by atoms with Crippen LogP contribution < -0.4 is 11.1 Å². The molecule has 1 aromatic carbocycles. The van der Waals surface area contributed by atoms with E-state index in [1.165, 1.54) is 0 Å². The molecule has 5 nitrogen and oxygen atoms in total. The number of hydrogen-bond donors (Lipinski definition) is 3. The zero-order valence-electron chi connectivity index (χ0n) is 10.8. The van der Waals surface area contributed by atoms with E-state index >= 15 is 0 Å². The molecular formula is C14H20N2O3. The monoisotopic (exact) mass is 264 g/mol. The first-order valence-corrected chi connectivity index (χ1v) is 6.46. The minimum Gasteiger partial charge on any atom is -0.386 e. The number of nitrogens with two attached hydrogens (primary N) is 1. The molecule has 1 aliphatic heterocycles. The van der Waals surface area contributed by atoms with Crippen LogP contribution in [0.15, 0.2) is 30.3 Å². The van der Waals surface area contributed by atoms with E-state index in [4.69, 9.17) is 10.5 Å². The van der Waals surface area contributed by atoms with Gasteiger partial charge in [-0.2, -0.15) is 0 Å². The molecule has 0 saturated carbocycles. The molecule has 1 saturated heterocycles. The van der Waals surface area contributed by atoms with Crippen LogP contribution in [0.25, 0.3) is 0 Å². The summed E-state index contributed by atoms with van der Waals surface area (Å²) in [7, 11) is 0. The van der Waals surface area contributed by atoms with Crippen molar-refractivity contribution < 1.29 is 14.6 Å². The fourth-order valence-electron chi connectivity index (χ4n) is 2.09. The quantitative estimate of drug-likeness (QED) is 0.716. The highest BCUT2D eigenvalue weighted by atomic mass is 16.5. The van der Waals surface area contributed by atoms with Gasteiger partial charge in [-0.15, -0.1) is 0 Å². The maximum absolute atomic E-state index is 11.8. The Balaban J connectivity index is 1.78. The van der Waals surface area contributed by atoms with Gasteiger partial charge in [0.05, 0.1) is 6.61 Å². The number of amides is 1. The molecule has 1 aliphatic rings. The smallest absolute Gasteiger partial charge is 0.222 e. The molecule has 19 heavy (non-hydrogen) atoms. The van der Waals surface area contributed by atoms with Crippen molar-refractivity contribution >= 4 is 5.91 Å². The van der Waals surface area contributed by atoms with Gasteiger partial charge >= 0.3 is 0 Å². The minimum absolute atomic E-state index is 0.156. The van der Waals surface area contributed by atoms with Crippen LogP contribution in [0.4, 0.5) is 0 Å². The SMILES string of the molecule is NC(CC(=O)NCC1(O)CCOC1)c1ccccc1. The Morgan fingerprint density at radius 3 is 2.84 bits per heavy atom. The highest BCUT2D eigenvalue weighted by Crippen LogP contribution is 2.17. The first-order valence-electron chi connectivity index (χ1n) is 6.46. The Bertz CT molecular complexity index is 416. The first-order chi connectivity index (χ1) is 9.09. The molecule has 1 amide bonds. The van der Waals surface area contributed by atoms with Crippen LogP contribution in [0, 0.1) is 0 Å². The lowest BCUT2D eigenvalue weighted by Gasteiger charge is -2.21. The lowest BCUT2D eigenvalue weighted by Crippen LogP contribution is -2.43. The van der Waals surface area contributed by atoms with Crippen molar-refractivity contribution in [3.8, 4) is 0 Å². The summed E-state index contributed by atoms with van der Waals surface area (Å²) in [5.41, 5.74) is 5.97. The molecule has 0 spiro atoms. The van der Waals surface area contributed by atoms with Crippen molar-refractivity contribution in [3.05, 3.63) is 35.9 Å². The number of carbonyl (C=O) groups is 1. The van der Waals surface area contributed by atoms with Gasteiger partial charge in [0.1, 0.15) is 5.60 Å². The van der Waals surface area contributed by atoms with E-state index in [-0.39, 0.29) is 31.5 Å². The second-order valence-electron chi connectivity index (χ2n) is 5.02. The largest absolute Gasteiger partial charge is 0.386 e. The van der Waals surface area contributed by atoms with E-state index < -0.39 is 5.60 Å². The molecule has 5 heteroatoms. The predicted molar refractivity (Wildman–Crippen MR) is 71.4 cm³/mol. The second kappa shape index (κ2) is 6.14. The molecule has 0 radical (unpaired) electrons. The van der Waals surface area contributed by atoms with E-state index in [9.17, 15) is 9.90 Å². The lowest BCUT2D eigenvalue weighted by molar-refractivity contribution is -0.122. The fourth-order valence-corrected chi connectivity index (χ4v) is 2.09. The van der Waals surface area contributed by atoms with Crippen LogP contribution >= 0.6 is 0 Å². The minimum atomic E-state index is -0.924. The molecular weight excluding hydrogens is 244 g/mol. The van der Waals surface area contributed by atoms with Crippen LogP contribution in [0.5, 0.6) is 0 Å². The zero-order chi connectivity index (χ0) is 13.7. The van der Waals surface area contributed by atoms with Gasteiger partial charge in [-0.05, 0) is 5.56 Å². The van der Waals surface area contributed by atoms with Gasteiger partial charge in [0.15, 0.2) is 0 Å². The van der Waals surface area contributed by atoms with Gasteiger partial charge in [-0.25, -0.2) is 0 Å². The van der Waals surface area contributed by atoms with Gasteiger partial charge < -0.3 is 20.9 Å². The number of aliphatic hydroxyl groups is 1. The summed E-state index contributed by atoms with van der Waals surface area (Å²) in [6.45, 7) is 1.03. The average Bonchev–Trinajstić information content (AvgIpc) is 2.85. The van der Waals surface area contributed by atoms with Gasteiger partial charge in [-0.3, -0.25) is 4.79 Å². The van der Waals surface area contributed by atoms with Crippen molar-refractivity contribution in [1.29, 1.82) is 0 Å². The van der Waals surface area contributed by atoms with E-state index in [1.807, 2.05) is 30.3 Å². The third-order valence-electron chi connectivity index (χ3n) is 3.33. The number of rotatable bonds is 5. The third kappa shape index (κ3) is 4.02. The highest BCUT2D eigenvalue weighted by Gasteiger charge is 2.32. The Morgan fingerprint density at radius 1 is 1.47 bits per heavy atom. The first kappa shape index (κ1) is 14.0. The van der Waals surface area contributed by atoms with Crippen molar-refractivity contribution in [2.75, 3.05) is 19.8 Å². The summed E-state index contributed by atoms with van der Waals surface area (Å²) in [6.07, 6.45) is 0.763. The van der Waals surface area contributed by atoms with Gasteiger partial charge in [-0.1, -0.05) is 30.3 Å². The molecule has 1 heterocycles. The molecule has 0 aromatic heterocycles. The molecule has 1 aromatic rings. The van der Waals surface area contributed by atoms with Crippen LogP contribution in [0.3, 0.4) is 0 Å². The van der Waals surface area contributed by atoms with E-state index in [0.717, 1.165) is 5.56 Å². The maximum Gasteiger partial charge on any atom is 0.222 e. The molecule has 4 N–H and O–H groups in total. The molecule has 0 aliphatic carbocycles. The topological polar surface area (TPSA) is 84.6 Å². The standard InChI is InChI=1S/C14H20N2O3/c15-12(11-4-2-1-3-5-11)8-13(17)16-9-14(18)6-7-19-10-14/h1-5,12,18H,6-10,15H2,(H,16,17). The number of carbonyl (C=O) groups excluding carboxylic acids is 1. The van der Waals surface area contributed by atoms with Crippen LogP contribution in [-0.4, -0.2) is 36.4 Å². The molecule has 2 unspecified atom stereocenters. The summed E-state index contributed by atoms with van der Waals surface area (Å²) in [5, 5.41) is 12.7. The van der Waals surface area contributed by atoms with Crippen molar-refractivity contribution in [3.63, 3.8) is 0 Å². The van der Waals surface area contributed by atoms with Gasteiger partial charge in [0, 0.05) is 32.0 Å². The Hall–Kier alpha value is -1.43. The van der Waals surface area contributed by atoms with Gasteiger partial charge in [0.2, 0.25) is 5.91 Å². The Morgan fingerprint density at radius 2 is 2.21 bits per heavy atom. The van der Waals surface area contributed by atoms with Crippen LogP contribution in [-0.2, 0) is 9.53 Å². The number of benzene rings is 1. The normalized spacial score (nSPS) is 24.1. The molecule has 2 atom stereocenters. The second-order valence-corrected chi connectivity index (χ2v) is 5.02. The summed E-state index contributed by atoms with van der Waals surface area (Å²) >= 11 is 0. The highest BCUT2D eigenvalue weighted by molar-refractivity contribution is 5.76. The zero-order valence-corrected chi connectivity index (χ0v) is 10.8. The summed E-state index contributed by atoms with van der Waals surface area (Å²) in [6, 6.07) is 9.17. The average molecular weight is 264 g/mol. The maximum atomic E-state index is 11.8.